The van der Waals surface area contributed by atoms with Crippen LogP contribution >= 0.6 is 0 Å². The van der Waals surface area contributed by atoms with Crippen molar-refractivity contribution < 1.29 is 23.9 Å². The number of aryl methyl sites for hydroxylation is 1. The van der Waals surface area contributed by atoms with Gasteiger partial charge in [-0.2, -0.15) is 0 Å². The van der Waals surface area contributed by atoms with Gasteiger partial charge in [-0.05, 0) is 6.92 Å². The normalized spacial score (nSPS) is 18.6. The molecule has 1 aliphatic heterocycles. The molecule has 3 amide bonds. The van der Waals surface area contributed by atoms with Crippen LogP contribution in [0.15, 0.2) is 10.6 Å². The molecule has 108 valence electrons. The minimum absolute atomic E-state index is 0.0249. The number of hydrogen-bond donors (Lipinski definition) is 3. The summed E-state index contributed by atoms with van der Waals surface area (Å²) in [7, 11) is 0. The van der Waals surface area contributed by atoms with Crippen molar-refractivity contribution in [2.75, 3.05) is 13.1 Å². The molecule has 1 unspecified atom stereocenters. The first-order chi connectivity index (χ1) is 9.47. The van der Waals surface area contributed by atoms with Crippen molar-refractivity contribution in [3.05, 3.63) is 17.8 Å². The average Bonchev–Trinajstić information content (AvgIpc) is 2.81. The van der Waals surface area contributed by atoms with Gasteiger partial charge < -0.3 is 20.2 Å². The molecule has 1 aromatic heterocycles. The number of hydrogen-bond acceptors (Lipinski definition) is 5. The number of rotatable bonds is 3. The zero-order chi connectivity index (χ0) is 14.7. The Morgan fingerprint density at radius 3 is 3.00 bits per heavy atom. The van der Waals surface area contributed by atoms with E-state index in [4.69, 9.17) is 9.52 Å². The van der Waals surface area contributed by atoms with E-state index in [-0.39, 0.29) is 19.6 Å². The smallest absolute Gasteiger partial charge is 0.328 e. The highest BCUT2D eigenvalue weighted by Gasteiger charge is 2.35. The zero-order valence-corrected chi connectivity index (χ0v) is 10.8. The quantitative estimate of drug-likeness (QED) is 0.658. The molecule has 1 aliphatic rings. The van der Waals surface area contributed by atoms with Crippen molar-refractivity contribution in [2.24, 2.45) is 0 Å². The lowest BCUT2D eigenvalue weighted by atomic mass is 10.2. The molecule has 3 N–H and O–H groups in total. The number of carbonyl (C=O) groups excluding carboxylic acids is 2. The number of carboxylic acid groups (broad SMARTS) is 1. The predicted molar refractivity (Wildman–Crippen MR) is 64.6 cm³/mol. The Hall–Kier alpha value is -2.58. The van der Waals surface area contributed by atoms with E-state index in [1.807, 2.05) is 0 Å². The molecule has 2 heterocycles. The van der Waals surface area contributed by atoms with E-state index in [0.29, 0.717) is 11.7 Å². The van der Waals surface area contributed by atoms with Gasteiger partial charge in [-0.15, -0.1) is 0 Å². The number of carbonyl (C=O) groups is 3. The summed E-state index contributed by atoms with van der Waals surface area (Å²) in [6, 6.07) is -1.73. The first kappa shape index (κ1) is 13.8. The molecular weight excluding hydrogens is 268 g/mol. The van der Waals surface area contributed by atoms with Gasteiger partial charge in [-0.1, -0.05) is 0 Å². The maximum atomic E-state index is 11.9. The molecule has 0 radical (unpaired) electrons. The maximum Gasteiger partial charge on any atom is 0.328 e. The van der Waals surface area contributed by atoms with E-state index in [0.717, 1.165) is 4.90 Å². The Kier molecular flexibility index (Phi) is 3.87. The second-order valence-electron chi connectivity index (χ2n) is 4.31. The van der Waals surface area contributed by atoms with Gasteiger partial charge in [0.2, 0.25) is 11.8 Å². The molecule has 9 nitrogen and oxygen atoms in total. The fraction of sp³-hybridized carbons (Fsp3) is 0.455. The van der Waals surface area contributed by atoms with Crippen LogP contribution in [0.1, 0.15) is 11.7 Å². The molecule has 1 saturated heterocycles. The third-order valence-electron chi connectivity index (χ3n) is 2.79. The molecule has 1 fully saturated rings. The fourth-order valence-corrected chi connectivity index (χ4v) is 1.81. The highest BCUT2D eigenvalue weighted by molar-refractivity contribution is 5.90. The minimum Gasteiger partial charge on any atom is -0.480 e. The highest BCUT2D eigenvalue weighted by atomic mass is 16.4. The Bertz CT molecular complexity index is 541. The Morgan fingerprint density at radius 2 is 2.40 bits per heavy atom. The average molecular weight is 282 g/mol. The number of urea groups is 1. The van der Waals surface area contributed by atoms with Gasteiger partial charge in [0.25, 0.3) is 0 Å². The summed E-state index contributed by atoms with van der Waals surface area (Å²) in [6.07, 6.45) is 1.51. The largest absolute Gasteiger partial charge is 0.480 e. The first-order valence-corrected chi connectivity index (χ1v) is 5.92. The molecule has 9 heteroatoms. The van der Waals surface area contributed by atoms with E-state index in [1.165, 1.54) is 6.20 Å². The van der Waals surface area contributed by atoms with Crippen LogP contribution in [0.25, 0.3) is 0 Å². The summed E-state index contributed by atoms with van der Waals surface area (Å²) in [5, 5.41) is 13.9. The van der Waals surface area contributed by atoms with E-state index >= 15 is 0 Å². The fourth-order valence-electron chi connectivity index (χ4n) is 1.81. The van der Waals surface area contributed by atoms with Crippen LogP contribution in [0, 0.1) is 6.92 Å². The standard InChI is InChI=1S/C11H14N4O5/c1-6-2-13-9(20-6)4-14-11(19)15-5-8(16)12-3-7(15)10(17)18/h2,7H,3-5H2,1H3,(H,12,16)(H,14,19)(H,17,18). The van der Waals surface area contributed by atoms with Crippen molar-refractivity contribution in [3.63, 3.8) is 0 Å². The summed E-state index contributed by atoms with van der Waals surface area (Å²) < 4.78 is 5.18. The van der Waals surface area contributed by atoms with Crippen LogP contribution in [0.4, 0.5) is 4.79 Å². The first-order valence-electron chi connectivity index (χ1n) is 5.92. The van der Waals surface area contributed by atoms with E-state index in [2.05, 4.69) is 15.6 Å². The highest BCUT2D eigenvalue weighted by Crippen LogP contribution is 2.06. The molecule has 20 heavy (non-hydrogen) atoms. The molecule has 0 bridgehead atoms. The van der Waals surface area contributed by atoms with Crippen LogP contribution in [0.2, 0.25) is 0 Å². The van der Waals surface area contributed by atoms with E-state index in [1.54, 1.807) is 6.92 Å². The number of nitrogens with one attached hydrogen (secondary N) is 2. The van der Waals surface area contributed by atoms with Crippen molar-refractivity contribution in [2.45, 2.75) is 19.5 Å². The van der Waals surface area contributed by atoms with Crippen molar-refractivity contribution in [1.82, 2.24) is 20.5 Å². The summed E-state index contributed by atoms with van der Waals surface area (Å²) in [4.78, 5) is 39.1. The Morgan fingerprint density at radius 1 is 1.65 bits per heavy atom. The molecule has 2 rings (SSSR count). The monoisotopic (exact) mass is 282 g/mol. The molecule has 0 aliphatic carbocycles. The molecule has 1 atom stereocenters. The second-order valence-corrected chi connectivity index (χ2v) is 4.31. The van der Waals surface area contributed by atoms with Gasteiger partial charge in [-0.25, -0.2) is 14.6 Å². The number of aliphatic carboxylic acids is 1. The van der Waals surface area contributed by atoms with Crippen molar-refractivity contribution in [1.29, 1.82) is 0 Å². The molecular formula is C11H14N4O5. The van der Waals surface area contributed by atoms with E-state index < -0.39 is 23.9 Å². The number of nitrogens with zero attached hydrogens (tertiary/aromatic N) is 2. The summed E-state index contributed by atoms with van der Waals surface area (Å²) >= 11 is 0. The van der Waals surface area contributed by atoms with Gasteiger partial charge in [0.1, 0.15) is 18.3 Å². The third-order valence-corrected chi connectivity index (χ3v) is 2.79. The number of amides is 3. The minimum atomic E-state index is -1.17. The SMILES string of the molecule is Cc1cnc(CNC(=O)N2CC(=O)NCC2C(=O)O)o1. The van der Waals surface area contributed by atoms with Crippen LogP contribution in [-0.2, 0) is 16.1 Å². The van der Waals surface area contributed by atoms with Gasteiger partial charge in [0, 0.05) is 6.54 Å². The molecule has 0 aromatic carbocycles. The third kappa shape index (κ3) is 3.05. The van der Waals surface area contributed by atoms with Gasteiger partial charge in [-0.3, -0.25) is 9.69 Å². The van der Waals surface area contributed by atoms with Crippen LogP contribution in [0.3, 0.4) is 0 Å². The molecule has 0 spiro atoms. The number of piperazine rings is 1. The number of oxazole rings is 1. The predicted octanol–water partition coefficient (Wildman–Crippen LogP) is -0.922. The van der Waals surface area contributed by atoms with Gasteiger partial charge in [0.15, 0.2) is 0 Å². The maximum absolute atomic E-state index is 11.9. The van der Waals surface area contributed by atoms with Crippen molar-refractivity contribution >= 4 is 17.9 Å². The van der Waals surface area contributed by atoms with Gasteiger partial charge >= 0.3 is 12.0 Å². The zero-order valence-electron chi connectivity index (χ0n) is 10.8. The van der Waals surface area contributed by atoms with Crippen LogP contribution in [0.5, 0.6) is 0 Å². The van der Waals surface area contributed by atoms with Crippen LogP contribution in [-0.4, -0.2) is 52.0 Å². The number of aromatic nitrogens is 1. The number of carboxylic acids is 1. The Labute approximate surface area is 113 Å². The van der Waals surface area contributed by atoms with Gasteiger partial charge in [0.05, 0.1) is 12.7 Å². The molecule has 1 aromatic rings. The second kappa shape index (κ2) is 5.59. The summed E-state index contributed by atoms with van der Waals surface area (Å²) in [5.74, 6) is -0.657. The van der Waals surface area contributed by atoms with Crippen LogP contribution < -0.4 is 10.6 Å². The lowest BCUT2D eigenvalue weighted by Crippen LogP contribution is -2.61. The topological polar surface area (TPSA) is 125 Å². The summed E-state index contributed by atoms with van der Waals surface area (Å²) in [5.41, 5.74) is 0. The lowest BCUT2D eigenvalue weighted by molar-refractivity contribution is -0.144. The summed E-state index contributed by atoms with van der Waals surface area (Å²) in [6.45, 7) is 1.33. The lowest BCUT2D eigenvalue weighted by Gasteiger charge is -2.32. The van der Waals surface area contributed by atoms with E-state index in [9.17, 15) is 14.4 Å². The molecule has 0 saturated carbocycles. The van der Waals surface area contributed by atoms with Crippen molar-refractivity contribution in [3.8, 4) is 0 Å². The Balaban J connectivity index is 1.98.